The topological polar surface area (TPSA) is 47.7 Å². The van der Waals surface area contributed by atoms with Gasteiger partial charge in [0.15, 0.2) is 0 Å². The van der Waals surface area contributed by atoms with E-state index in [2.05, 4.69) is 11.8 Å². The van der Waals surface area contributed by atoms with Gasteiger partial charge in [-0.25, -0.2) is 0 Å². The van der Waals surface area contributed by atoms with Crippen molar-refractivity contribution in [2.75, 3.05) is 39.5 Å². The fourth-order valence-electron chi connectivity index (χ4n) is 2.79. The summed E-state index contributed by atoms with van der Waals surface area (Å²) in [4.78, 5) is 2.51. The van der Waals surface area contributed by atoms with Crippen molar-refractivity contribution in [3.05, 3.63) is 0 Å². The lowest BCUT2D eigenvalue weighted by molar-refractivity contribution is -0.0518. The van der Waals surface area contributed by atoms with Gasteiger partial charge < -0.3 is 15.2 Å². The van der Waals surface area contributed by atoms with Gasteiger partial charge in [0.25, 0.3) is 0 Å². The van der Waals surface area contributed by atoms with Crippen molar-refractivity contribution in [2.24, 2.45) is 11.7 Å². The number of nitrogens with two attached hydrogens (primary N) is 1. The molecule has 3 unspecified atom stereocenters. The summed E-state index contributed by atoms with van der Waals surface area (Å²) < 4.78 is 11.2. The lowest BCUT2D eigenvalue weighted by Gasteiger charge is -2.39. The summed E-state index contributed by atoms with van der Waals surface area (Å²) in [5, 5.41) is 0. The van der Waals surface area contributed by atoms with Crippen molar-refractivity contribution in [1.82, 2.24) is 4.90 Å². The molecule has 2 rings (SSSR count). The predicted octanol–water partition coefficient (Wildman–Crippen LogP) is 0.461. The van der Waals surface area contributed by atoms with E-state index in [0.29, 0.717) is 18.1 Å². The molecule has 0 aromatic heterocycles. The molecular weight excluding hydrogens is 204 g/mol. The molecule has 0 aromatic rings. The van der Waals surface area contributed by atoms with Crippen molar-refractivity contribution >= 4 is 0 Å². The highest BCUT2D eigenvalue weighted by Gasteiger charge is 2.32. The van der Waals surface area contributed by atoms with Gasteiger partial charge in [-0.1, -0.05) is 6.92 Å². The maximum absolute atomic E-state index is 5.93. The fourth-order valence-corrected chi connectivity index (χ4v) is 2.79. The van der Waals surface area contributed by atoms with Crippen molar-refractivity contribution in [3.8, 4) is 0 Å². The quantitative estimate of drug-likeness (QED) is 0.759. The third-order valence-corrected chi connectivity index (χ3v) is 3.85. The van der Waals surface area contributed by atoms with E-state index in [1.807, 2.05) is 0 Å². The van der Waals surface area contributed by atoms with E-state index in [4.69, 9.17) is 15.2 Å². The molecule has 2 aliphatic heterocycles. The van der Waals surface area contributed by atoms with Crippen LogP contribution in [0, 0.1) is 5.92 Å². The summed E-state index contributed by atoms with van der Waals surface area (Å²) in [7, 11) is 0. The third kappa shape index (κ3) is 2.74. The zero-order valence-corrected chi connectivity index (χ0v) is 10.2. The Morgan fingerprint density at radius 1 is 1.44 bits per heavy atom. The molecule has 94 valence electrons. The van der Waals surface area contributed by atoms with Crippen LogP contribution in [0.1, 0.15) is 19.8 Å². The highest BCUT2D eigenvalue weighted by atomic mass is 16.5. The van der Waals surface area contributed by atoms with Crippen LogP contribution in [0.15, 0.2) is 0 Å². The molecule has 2 N–H and O–H groups in total. The first-order chi connectivity index (χ1) is 7.85. The van der Waals surface area contributed by atoms with Gasteiger partial charge in [0, 0.05) is 38.2 Å². The molecule has 0 amide bonds. The Labute approximate surface area is 98.1 Å². The molecule has 0 aromatic carbocycles. The minimum atomic E-state index is 0.394. The molecule has 2 saturated heterocycles. The van der Waals surface area contributed by atoms with Crippen LogP contribution in [0.5, 0.6) is 0 Å². The van der Waals surface area contributed by atoms with E-state index in [1.165, 1.54) is 0 Å². The first kappa shape index (κ1) is 12.3. The average Bonchev–Trinajstić information content (AvgIpc) is 2.84. The Balaban J connectivity index is 1.91. The Morgan fingerprint density at radius 3 is 2.94 bits per heavy atom. The summed E-state index contributed by atoms with van der Waals surface area (Å²) in [6.07, 6.45) is 2.65. The van der Waals surface area contributed by atoms with E-state index < -0.39 is 0 Å². The van der Waals surface area contributed by atoms with Crippen molar-refractivity contribution in [1.29, 1.82) is 0 Å². The molecule has 16 heavy (non-hydrogen) atoms. The molecule has 4 heteroatoms. The zero-order chi connectivity index (χ0) is 11.4. The van der Waals surface area contributed by atoms with Gasteiger partial charge in [0.2, 0.25) is 0 Å². The molecule has 4 nitrogen and oxygen atoms in total. The van der Waals surface area contributed by atoms with E-state index in [9.17, 15) is 0 Å². The summed E-state index contributed by atoms with van der Waals surface area (Å²) in [6, 6.07) is 0.487. The lowest BCUT2D eigenvalue weighted by Crippen LogP contribution is -2.53. The minimum absolute atomic E-state index is 0.394. The largest absolute Gasteiger partial charge is 0.381 e. The van der Waals surface area contributed by atoms with Gasteiger partial charge in [-0.2, -0.15) is 0 Å². The Bertz CT molecular complexity index is 207. The van der Waals surface area contributed by atoms with Gasteiger partial charge in [0.05, 0.1) is 19.3 Å². The zero-order valence-electron chi connectivity index (χ0n) is 10.2. The van der Waals surface area contributed by atoms with Gasteiger partial charge in [-0.3, -0.25) is 4.90 Å². The molecule has 0 aliphatic carbocycles. The van der Waals surface area contributed by atoms with E-state index in [-0.39, 0.29) is 0 Å². The van der Waals surface area contributed by atoms with Crippen molar-refractivity contribution < 1.29 is 9.47 Å². The molecule has 2 fully saturated rings. The first-order valence-electron chi connectivity index (χ1n) is 6.48. The number of morpholine rings is 1. The second-order valence-corrected chi connectivity index (χ2v) is 4.82. The number of nitrogens with zero attached hydrogens (tertiary/aromatic N) is 1. The van der Waals surface area contributed by atoms with Gasteiger partial charge in [-0.05, 0) is 12.8 Å². The molecule has 0 radical (unpaired) electrons. The van der Waals surface area contributed by atoms with E-state index in [0.717, 1.165) is 52.3 Å². The number of rotatable bonds is 4. The summed E-state index contributed by atoms with van der Waals surface area (Å²) in [6.45, 7) is 7.62. The summed E-state index contributed by atoms with van der Waals surface area (Å²) in [5.41, 5.74) is 5.93. The second kappa shape index (κ2) is 5.96. The molecule has 3 atom stereocenters. The Morgan fingerprint density at radius 2 is 2.31 bits per heavy atom. The number of hydrogen-bond acceptors (Lipinski definition) is 4. The molecular formula is C12H24N2O2. The highest BCUT2D eigenvalue weighted by Crippen LogP contribution is 2.22. The predicted molar refractivity (Wildman–Crippen MR) is 63.4 cm³/mol. The number of ether oxygens (including phenoxy) is 2. The van der Waals surface area contributed by atoms with Crippen molar-refractivity contribution in [2.45, 2.75) is 31.9 Å². The van der Waals surface area contributed by atoms with Crippen LogP contribution in [-0.4, -0.2) is 56.5 Å². The standard InChI is InChI=1S/C12H24N2O2/c1-2-11-8-14(4-6-16-11)12(7-13)10-3-5-15-9-10/h10-12H,2-9,13H2,1H3. The lowest BCUT2D eigenvalue weighted by atomic mass is 9.96. The fraction of sp³-hybridized carbons (Fsp3) is 1.00. The van der Waals surface area contributed by atoms with E-state index in [1.54, 1.807) is 0 Å². The maximum Gasteiger partial charge on any atom is 0.0700 e. The van der Waals surface area contributed by atoms with Crippen LogP contribution in [-0.2, 0) is 9.47 Å². The van der Waals surface area contributed by atoms with Crippen LogP contribution in [0.4, 0.5) is 0 Å². The Kier molecular flexibility index (Phi) is 4.58. The summed E-state index contributed by atoms with van der Waals surface area (Å²) in [5.74, 6) is 0.626. The smallest absolute Gasteiger partial charge is 0.0700 e. The molecule has 0 spiro atoms. The van der Waals surface area contributed by atoms with Crippen LogP contribution in [0.25, 0.3) is 0 Å². The van der Waals surface area contributed by atoms with E-state index >= 15 is 0 Å². The molecule has 2 aliphatic rings. The van der Waals surface area contributed by atoms with Crippen LogP contribution >= 0.6 is 0 Å². The Hall–Kier alpha value is -0.160. The highest BCUT2D eigenvalue weighted by molar-refractivity contribution is 4.85. The SMILES string of the molecule is CCC1CN(C(CN)C2CCOC2)CCO1. The maximum atomic E-state index is 5.93. The minimum Gasteiger partial charge on any atom is -0.381 e. The molecule has 0 bridgehead atoms. The molecule has 2 heterocycles. The van der Waals surface area contributed by atoms with Crippen LogP contribution < -0.4 is 5.73 Å². The summed E-state index contributed by atoms with van der Waals surface area (Å²) >= 11 is 0. The molecule has 0 saturated carbocycles. The monoisotopic (exact) mass is 228 g/mol. The van der Waals surface area contributed by atoms with Crippen LogP contribution in [0.2, 0.25) is 0 Å². The van der Waals surface area contributed by atoms with Gasteiger partial charge >= 0.3 is 0 Å². The normalized spacial score (nSPS) is 34.1. The number of hydrogen-bond donors (Lipinski definition) is 1. The second-order valence-electron chi connectivity index (χ2n) is 4.82. The van der Waals surface area contributed by atoms with Gasteiger partial charge in [0.1, 0.15) is 0 Å². The average molecular weight is 228 g/mol. The van der Waals surface area contributed by atoms with Crippen molar-refractivity contribution in [3.63, 3.8) is 0 Å². The first-order valence-corrected chi connectivity index (χ1v) is 6.48. The van der Waals surface area contributed by atoms with Crippen LogP contribution in [0.3, 0.4) is 0 Å². The van der Waals surface area contributed by atoms with Gasteiger partial charge in [-0.15, -0.1) is 0 Å². The third-order valence-electron chi connectivity index (χ3n) is 3.85.